The van der Waals surface area contributed by atoms with Crippen LogP contribution in [0, 0.1) is 0 Å². The predicted molar refractivity (Wildman–Crippen MR) is 137 cm³/mol. The normalized spacial score (nSPS) is 17.6. The molecule has 1 saturated heterocycles. The highest BCUT2D eigenvalue weighted by atomic mass is 16.5. The van der Waals surface area contributed by atoms with E-state index in [-0.39, 0.29) is 11.5 Å². The Hall–Kier alpha value is -2.85. The first-order valence-electron chi connectivity index (χ1n) is 12.9. The van der Waals surface area contributed by atoms with Gasteiger partial charge >= 0.3 is 0 Å². The summed E-state index contributed by atoms with van der Waals surface area (Å²) in [7, 11) is 0. The van der Waals surface area contributed by atoms with Gasteiger partial charge in [-0.05, 0) is 103 Å². The lowest BCUT2D eigenvalue weighted by Crippen LogP contribution is -2.33. The Morgan fingerprint density at radius 2 is 1.62 bits per heavy atom. The third kappa shape index (κ3) is 5.12. The number of carbonyl (C=O) groups is 1. The summed E-state index contributed by atoms with van der Waals surface area (Å²) in [4.78, 5) is 16.3. The standard InChI is InChI=1S/C30H35NO3/c32-25-12-16-28-24(21-25)11-15-27(22-7-3-1-4-8-22)29(28)30(33)23-9-13-26(14-10-23)34-20-19-31-17-5-2-6-18-31/h9-16,21-22,32H,1-8,17-20H2. The van der Waals surface area contributed by atoms with Crippen molar-refractivity contribution in [3.8, 4) is 11.5 Å². The minimum absolute atomic E-state index is 0.0525. The molecule has 1 heterocycles. The van der Waals surface area contributed by atoms with Crippen molar-refractivity contribution in [3.05, 3.63) is 71.3 Å². The van der Waals surface area contributed by atoms with E-state index in [0.717, 1.165) is 47.0 Å². The SMILES string of the molecule is O=C(c1ccc(OCCN2CCCCC2)cc1)c1c(C2CCCCC2)ccc2cc(O)ccc12. The molecule has 3 aromatic rings. The van der Waals surface area contributed by atoms with E-state index >= 15 is 0 Å². The molecule has 2 fully saturated rings. The Kier molecular flexibility index (Phi) is 7.15. The topological polar surface area (TPSA) is 49.8 Å². The molecule has 1 saturated carbocycles. The quantitative estimate of drug-likeness (QED) is 0.402. The van der Waals surface area contributed by atoms with Gasteiger partial charge in [0, 0.05) is 17.7 Å². The van der Waals surface area contributed by atoms with Crippen molar-refractivity contribution in [1.29, 1.82) is 0 Å². The second-order valence-corrected chi connectivity index (χ2v) is 9.87. The molecule has 4 heteroatoms. The van der Waals surface area contributed by atoms with Crippen molar-refractivity contribution in [2.75, 3.05) is 26.2 Å². The third-order valence-corrected chi connectivity index (χ3v) is 7.55. The lowest BCUT2D eigenvalue weighted by molar-refractivity contribution is 0.103. The molecule has 0 bridgehead atoms. The van der Waals surface area contributed by atoms with Crippen LogP contribution in [-0.4, -0.2) is 42.0 Å². The van der Waals surface area contributed by atoms with Gasteiger partial charge in [-0.2, -0.15) is 0 Å². The number of piperidine rings is 1. The zero-order valence-electron chi connectivity index (χ0n) is 20.0. The summed E-state index contributed by atoms with van der Waals surface area (Å²) in [6, 6.07) is 17.1. The number of likely N-dealkylation sites (tertiary alicyclic amines) is 1. The Bertz CT molecular complexity index is 1130. The van der Waals surface area contributed by atoms with E-state index in [1.54, 1.807) is 12.1 Å². The highest BCUT2D eigenvalue weighted by Crippen LogP contribution is 2.38. The zero-order chi connectivity index (χ0) is 23.3. The van der Waals surface area contributed by atoms with E-state index in [1.165, 1.54) is 51.6 Å². The van der Waals surface area contributed by atoms with Crippen LogP contribution in [-0.2, 0) is 0 Å². The molecule has 1 aliphatic heterocycles. The second kappa shape index (κ2) is 10.6. The van der Waals surface area contributed by atoms with Gasteiger partial charge in [0.05, 0.1) is 0 Å². The number of fused-ring (bicyclic) bond motifs is 1. The summed E-state index contributed by atoms with van der Waals surface area (Å²) in [5, 5.41) is 11.8. The van der Waals surface area contributed by atoms with Gasteiger partial charge in [-0.1, -0.05) is 37.8 Å². The van der Waals surface area contributed by atoms with Gasteiger partial charge in [0.25, 0.3) is 0 Å². The average molecular weight is 458 g/mol. The number of nitrogens with zero attached hydrogens (tertiary/aromatic N) is 1. The molecule has 4 nitrogen and oxygen atoms in total. The molecule has 0 aromatic heterocycles. The average Bonchev–Trinajstić information content (AvgIpc) is 2.89. The van der Waals surface area contributed by atoms with Crippen LogP contribution >= 0.6 is 0 Å². The number of phenols is 1. The maximum Gasteiger partial charge on any atom is 0.193 e. The molecule has 178 valence electrons. The zero-order valence-corrected chi connectivity index (χ0v) is 20.0. The maximum atomic E-state index is 13.8. The van der Waals surface area contributed by atoms with Crippen LogP contribution in [0.15, 0.2) is 54.6 Å². The largest absolute Gasteiger partial charge is 0.508 e. The van der Waals surface area contributed by atoms with Crippen molar-refractivity contribution < 1.29 is 14.6 Å². The number of ketones is 1. The number of hydrogen-bond acceptors (Lipinski definition) is 4. The van der Waals surface area contributed by atoms with Gasteiger partial charge in [-0.15, -0.1) is 0 Å². The smallest absolute Gasteiger partial charge is 0.193 e. The van der Waals surface area contributed by atoms with Crippen LogP contribution < -0.4 is 4.74 Å². The van der Waals surface area contributed by atoms with E-state index < -0.39 is 0 Å². The van der Waals surface area contributed by atoms with Gasteiger partial charge in [0.15, 0.2) is 5.78 Å². The molecule has 2 aliphatic rings. The summed E-state index contributed by atoms with van der Waals surface area (Å²) in [6.45, 7) is 3.96. The van der Waals surface area contributed by atoms with E-state index in [1.807, 2.05) is 30.3 Å². The van der Waals surface area contributed by atoms with Crippen LogP contribution in [0.1, 0.15) is 78.8 Å². The Labute approximate surface area is 202 Å². The molecule has 0 amide bonds. The first kappa shape index (κ1) is 22.9. The first-order valence-corrected chi connectivity index (χ1v) is 12.9. The van der Waals surface area contributed by atoms with Gasteiger partial charge in [-0.3, -0.25) is 9.69 Å². The summed E-state index contributed by atoms with van der Waals surface area (Å²) in [6.07, 6.45) is 9.89. The lowest BCUT2D eigenvalue weighted by Gasteiger charge is -2.26. The Balaban J connectivity index is 1.37. The summed E-state index contributed by atoms with van der Waals surface area (Å²) in [5.41, 5.74) is 2.63. The molecular formula is C30H35NO3. The van der Waals surface area contributed by atoms with E-state index in [0.29, 0.717) is 18.1 Å². The number of benzene rings is 3. The number of rotatable bonds is 7. The molecule has 0 radical (unpaired) electrons. The van der Waals surface area contributed by atoms with Crippen LogP contribution in [0.2, 0.25) is 0 Å². The highest BCUT2D eigenvalue weighted by molar-refractivity contribution is 6.17. The molecular weight excluding hydrogens is 422 g/mol. The number of phenolic OH excluding ortho intramolecular Hbond substituents is 1. The lowest BCUT2D eigenvalue weighted by atomic mass is 9.79. The monoisotopic (exact) mass is 457 g/mol. The summed E-state index contributed by atoms with van der Waals surface area (Å²) >= 11 is 0. The van der Waals surface area contributed by atoms with Crippen molar-refractivity contribution >= 4 is 16.6 Å². The molecule has 5 rings (SSSR count). The van der Waals surface area contributed by atoms with Gasteiger partial charge in [-0.25, -0.2) is 0 Å². The van der Waals surface area contributed by atoms with Crippen molar-refractivity contribution in [2.45, 2.75) is 57.3 Å². The van der Waals surface area contributed by atoms with Gasteiger partial charge < -0.3 is 9.84 Å². The van der Waals surface area contributed by atoms with Crippen molar-refractivity contribution in [2.24, 2.45) is 0 Å². The second-order valence-electron chi connectivity index (χ2n) is 9.87. The molecule has 1 aliphatic carbocycles. The van der Waals surface area contributed by atoms with Crippen molar-refractivity contribution in [3.63, 3.8) is 0 Å². The number of ether oxygens (including phenoxy) is 1. The first-order chi connectivity index (χ1) is 16.7. The fraction of sp³-hybridized carbons (Fsp3) is 0.433. The molecule has 0 spiro atoms. The predicted octanol–water partition coefficient (Wildman–Crippen LogP) is 6.69. The molecule has 34 heavy (non-hydrogen) atoms. The molecule has 1 N–H and O–H groups in total. The number of carbonyl (C=O) groups excluding carboxylic acids is 1. The highest BCUT2D eigenvalue weighted by Gasteiger charge is 2.24. The number of aromatic hydroxyl groups is 1. The summed E-state index contributed by atoms with van der Waals surface area (Å²) in [5.74, 6) is 1.51. The van der Waals surface area contributed by atoms with Crippen LogP contribution in [0.5, 0.6) is 11.5 Å². The minimum atomic E-state index is 0.0525. The van der Waals surface area contributed by atoms with Crippen LogP contribution in [0.4, 0.5) is 0 Å². The molecule has 3 aromatic carbocycles. The minimum Gasteiger partial charge on any atom is -0.508 e. The Morgan fingerprint density at radius 1 is 0.882 bits per heavy atom. The Morgan fingerprint density at radius 3 is 2.38 bits per heavy atom. The number of hydrogen-bond donors (Lipinski definition) is 1. The van der Waals surface area contributed by atoms with Crippen molar-refractivity contribution in [1.82, 2.24) is 4.90 Å². The summed E-state index contributed by atoms with van der Waals surface area (Å²) < 4.78 is 5.97. The van der Waals surface area contributed by atoms with Gasteiger partial charge in [0.1, 0.15) is 18.1 Å². The fourth-order valence-electron chi connectivity index (χ4n) is 5.66. The fourth-order valence-corrected chi connectivity index (χ4v) is 5.66. The third-order valence-electron chi connectivity index (χ3n) is 7.55. The van der Waals surface area contributed by atoms with Gasteiger partial charge in [0.2, 0.25) is 0 Å². The van der Waals surface area contributed by atoms with E-state index in [2.05, 4.69) is 17.0 Å². The molecule has 0 atom stereocenters. The van der Waals surface area contributed by atoms with Crippen LogP contribution in [0.25, 0.3) is 10.8 Å². The molecule has 0 unspecified atom stereocenters. The van der Waals surface area contributed by atoms with E-state index in [4.69, 9.17) is 4.74 Å². The van der Waals surface area contributed by atoms with E-state index in [9.17, 15) is 9.90 Å². The van der Waals surface area contributed by atoms with Crippen LogP contribution in [0.3, 0.4) is 0 Å². The maximum absolute atomic E-state index is 13.8.